The number of rotatable bonds is 2. The molecule has 36 valence electrons. The standard InChI is InChI=1S/HO5P/c1-4-5-6(2)3/h1H. The van der Waals surface area contributed by atoms with E-state index in [2.05, 4.69) is 9.71 Å². The maximum Gasteiger partial charge on any atom is 0.498 e. The van der Waals surface area contributed by atoms with Crippen LogP contribution >= 0.6 is 7.91 Å². The number of hydrogen-bond acceptors (Lipinski definition) is 5. The van der Waals surface area contributed by atoms with Gasteiger partial charge in [0.1, 0.15) is 0 Å². The first-order valence-corrected chi connectivity index (χ1v) is 1.99. The lowest BCUT2D eigenvalue weighted by Crippen LogP contribution is -1.69. The molecule has 6 heavy (non-hydrogen) atoms. The third kappa shape index (κ3) is 3.78. The van der Waals surface area contributed by atoms with Crippen LogP contribution in [0, 0.1) is 0 Å². The summed E-state index contributed by atoms with van der Waals surface area (Å²) in [5.41, 5.74) is 0. The molecule has 0 atom stereocenters. The molecule has 0 aliphatic rings. The minimum absolute atomic E-state index is 2.71. The highest BCUT2D eigenvalue weighted by Gasteiger charge is 1.83. The molecule has 0 fully saturated rings. The Kier molecular flexibility index (Phi) is 2.88. The Balaban J connectivity index is 3.07. The second-order valence-corrected chi connectivity index (χ2v) is 0.969. The molecule has 0 spiro atoms. The van der Waals surface area contributed by atoms with E-state index in [9.17, 15) is 0 Å². The molecular formula is HO5P. The van der Waals surface area contributed by atoms with E-state index in [0.717, 1.165) is 0 Å². The van der Waals surface area contributed by atoms with Gasteiger partial charge in [-0.15, -0.1) is 0 Å². The normalized spacial score (nSPS) is 8.17. The van der Waals surface area contributed by atoms with Crippen molar-refractivity contribution in [3.05, 3.63) is 0 Å². The zero-order valence-corrected chi connectivity index (χ0v) is 3.42. The molecule has 0 aliphatic heterocycles. The van der Waals surface area contributed by atoms with Crippen molar-refractivity contribution in [2.45, 2.75) is 0 Å². The summed E-state index contributed by atoms with van der Waals surface area (Å²) in [6, 6.07) is 0. The van der Waals surface area contributed by atoms with Gasteiger partial charge >= 0.3 is 7.91 Å². The Morgan fingerprint density at radius 2 is 2.00 bits per heavy atom. The van der Waals surface area contributed by atoms with E-state index in [4.69, 9.17) is 14.4 Å². The first kappa shape index (κ1) is 5.78. The first-order chi connectivity index (χ1) is 2.77. The second kappa shape index (κ2) is 2.99. The van der Waals surface area contributed by atoms with Crippen LogP contribution < -0.4 is 0 Å². The van der Waals surface area contributed by atoms with Crippen LogP contribution in [0.1, 0.15) is 0 Å². The van der Waals surface area contributed by atoms with E-state index >= 15 is 0 Å². The summed E-state index contributed by atoms with van der Waals surface area (Å²) in [5, 5.41) is 9.84. The molecule has 0 amide bonds. The van der Waals surface area contributed by atoms with Gasteiger partial charge in [-0.25, -0.2) is 14.4 Å². The summed E-state index contributed by atoms with van der Waals surface area (Å²) >= 11 is 0. The summed E-state index contributed by atoms with van der Waals surface area (Å²) in [4.78, 5) is 0. The lowest BCUT2D eigenvalue weighted by atomic mass is 14.6. The Hall–Kier alpha value is -0.220. The quantitative estimate of drug-likeness (QED) is 0.319. The molecule has 0 aromatic heterocycles. The van der Waals surface area contributed by atoms with Gasteiger partial charge in [-0.05, 0) is 0 Å². The average molecular weight is 112 g/mol. The smallest absolute Gasteiger partial charge is 0.220 e. The highest BCUT2D eigenvalue weighted by Crippen LogP contribution is 2.01. The lowest BCUT2D eigenvalue weighted by molar-refractivity contribution is -0.438. The summed E-state index contributed by atoms with van der Waals surface area (Å²) in [6.07, 6.45) is 0. The molecule has 6 heteroatoms. The summed E-state index contributed by atoms with van der Waals surface area (Å²) < 4.78 is 21.3. The van der Waals surface area contributed by atoms with Gasteiger partial charge in [0.05, 0.1) is 0 Å². The first-order valence-electron chi connectivity index (χ1n) is 0.897. The third-order valence-corrected chi connectivity index (χ3v) is 0.283. The SMILES string of the molecule is O=P(=O)OOO. The van der Waals surface area contributed by atoms with Gasteiger partial charge in [0.2, 0.25) is 0 Å². The van der Waals surface area contributed by atoms with Crippen LogP contribution in [-0.2, 0) is 18.8 Å². The minimum atomic E-state index is -3.07. The van der Waals surface area contributed by atoms with Crippen molar-refractivity contribution in [2.24, 2.45) is 0 Å². The topological polar surface area (TPSA) is 72.8 Å². The second-order valence-electron chi connectivity index (χ2n) is 0.373. The Morgan fingerprint density at radius 1 is 1.50 bits per heavy atom. The molecule has 0 radical (unpaired) electrons. The molecule has 0 saturated heterocycles. The average Bonchev–Trinajstić information content (AvgIpc) is 1.35. The van der Waals surface area contributed by atoms with Gasteiger partial charge in [0.15, 0.2) is 0 Å². The van der Waals surface area contributed by atoms with E-state index in [1.54, 1.807) is 0 Å². The van der Waals surface area contributed by atoms with Gasteiger partial charge in [-0.3, -0.25) is 0 Å². The fourth-order valence-corrected chi connectivity index (χ4v) is 0.0816. The minimum Gasteiger partial charge on any atom is -0.220 e. The molecule has 0 aromatic carbocycles. The van der Waals surface area contributed by atoms with Crippen LogP contribution in [-0.4, -0.2) is 5.26 Å². The van der Waals surface area contributed by atoms with E-state index in [0.29, 0.717) is 0 Å². The maximum absolute atomic E-state index is 9.13. The van der Waals surface area contributed by atoms with Crippen LogP contribution in [0.4, 0.5) is 0 Å². The van der Waals surface area contributed by atoms with E-state index < -0.39 is 7.91 Å². The molecule has 5 nitrogen and oxygen atoms in total. The summed E-state index contributed by atoms with van der Waals surface area (Å²) in [6.45, 7) is 0. The van der Waals surface area contributed by atoms with Gasteiger partial charge < -0.3 is 0 Å². The van der Waals surface area contributed by atoms with E-state index in [1.807, 2.05) is 0 Å². The van der Waals surface area contributed by atoms with Crippen molar-refractivity contribution in [3.63, 3.8) is 0 Å². The third-order valence-electron chi connectivity index (χ3n) is 0.0942. The Labute approximate surface area is 33.3 Å². The Morgan fingerprint density at radius 3 is 2.00 bits per heavy atom. The van der Waals surface area contributed by atoms with E-state index in [-0.39, 0.29) is 0 Å². The highest BCUT2D eigenvalue weighted by molar-refractivity contribution is 7.24. The molecule has 0 unspecified atom stereocenters. The predicted octanol–water partition coefficient (Wildman–Crippen LogP) is 0.495. The van der Waals surface area contributed by atoms with Crippen LogP contribution in [0.3, 0.4) is 0 Å². The van der Waals surface area contributed by atoms with Crippen molar-refractivity contribution in [1.82, 2.24) is 0 Å². The van der Waals surface area contributed by atoms with Crippen molar-refractivity contribution < 1.29 is 24.1 Å². The molecule has 0 aromatic rings. The van der Waals surface area contributed by atoms with E-state index in [1.165, 1.54) is 0 Å². The molecule has 0 rings (SSSR count). The zero-order chi connectivity index (χ0) is 4.99. The van der Waals surface area contributed by atoms with Gasteiger partial charge in [-0.1, -0.05) is 9.71 Å². The summed E-state index contributed by atoms with van der Waals surface area (Å²) in [7, 11) is -3.07. The van der Waals surface area contributed by atoms with Crippen LogP contribution in [0.25, 0.3) is 0 Å². The van der Waals surface area contributed by atoms with Crippen LogP contribution in [0.15, 0.2) is 0 Å². The zero-order valence-electron chi connectivity index (χ0n) is 2.53. The predicted molar refractivity (Wildman–Crippen MR) is 13.1 cm³/mol. The molecule has 0 bridgehead atoms. The molecule has 1 N–H and O–H groups in total. The van der Waals surface area contributed by atoms with Crippen molar-refractivity contribution >= 4 is 7.91 Å². The fraction of sp³-hybridized carbons (Fsp3) is 0. The van der Waals surface area contributed by atoms with Crippen LogP contribution in [0.2, 0.25) is 0 Å². The Bertz CT molecular complexity index is 71.9. The largest absolute Gasteiger partial charge is 0.498 e. The molecule has 0 aliphatic carbocycles. The van der Waals surface area contributed by atoms with Crippen LogP contribution in [0.5, 0.6) is 0 Å². The van der Waals surface area contributed by atoms with Gasteiger partial charge in [-0.2, -0.15) is 0 Å². The fourth-order valence-electron chi connectivity index (χ4n) is 0.0272. The number of hydrogen-bond donors (Lipinski definition) is 1. The molecule has 0 saturated carbocycles. The van der Waals surface area contributed by atoms with Gasteiger partial charge in [0.25, 0.3) is 0 Å². The summed E-state index contributed by atoms with van der Waals surface area (Å²) in [5.74, 6) is 0. The van der Waals surface area contributed by atoms with Crippen molar-refractivity contribution in [1.29, 1.82) is 0 Å². The highest BCUT2D eigenvalue weighted by atomic mass is 31.1. The van der Waals surface area contributed by atoms with Crippen molar-refractivity contribution in [3.8, 4) is 0 Å². The maximum atomic E-state index is 9.13. The monoisotopic (exact) mass is 112 g/mol. The van der Waals surface area contributed by atoms with Crippen molar-refractivity contribution in [2.75, 3.05) is 0 Å². The molecule has 0 heterocycles. The molecular weight excluding hydrogens is 111 g/mol. The van der Waals surface area contributed by atoms with Gasteiger partial charge in [0, 0.05) is 0 Å². The lowest BCUT2D eigenvalue weighted by Gasteiger charge is -1.72.